The number of rotatable bonds is 6. The number of esters is 1. The number of carbonyl (C=O) groups is 4. The molecule has 0 spiro atoms. The predicted molar refractivity (Wildman–Crippen MR) is 115 cm³/mol. The van der Waals surface area contributed by atoms with Crippen molar-refractivity contribution in [2.45, 2.75) is 13.0 Å². The average molecular weight is 505 g/mol. The third-order valence-electron chi connectivity index (χ3n) is 4.60. The Hall–Kier alpha value is -2.32. The van der Waals surface area contributed by atoms with Gasteiger partial charge in [-0.3, -0.25) is 19.3 Å². The average Bonchev–Trinajstić information content (AvgIpc) is 3.03. The molecule has 1 atom stereocenters. The van der Waals surface area contributed by atoms with Gasteiger partial charge in [0, 0.05) is 5.56 Å². The first-order chi connectivity index (χ1) is 14.6. The van der Waals surface area contributed by atoms with Crippen molar-refractivity contribution >= 4 is 70.0 Å². The van der Waals surface area contributed by atoms with Crippen LogP contribution in [0.1, 0.15) is 38.0 Å². The number of ether oxygens (including phenoxy) is 2. The molecule has 2 aromatic carbocycles. The molecular formula is C20H13Cl4NO6. The molecular weight excluding hydrogens is 492 g/mol. The van der Waals surface area contributed by atoms with E-state index in [2.05, 4.69) is 0 Å². The quantitative estimate of drug-likeness (QED) is 0.186. The molecule has 0 N–H and O–H groups in total. The first-order valence-corrected chi connectivity index (χ1v) is 10.2. The van der Waals surface area contributed by atoms with Crippen molar-refractivity contribution in [2.24, 2.45) is 0 Å². The van der Waals surface area contributed by atoms with Crippen molar-refractivity contribution in [1.29, 1.82) is 0 Å². The number of Topliss-reactive ketones (excluding diaryl/α,β-unsaturated/α-hetero) is 1. The molecule has 11 heteroatoms. The van der Waals surface area contributed by atoms with Gasteiger partial charge in [0.25, 0.3) is 11.8 Å². The van der Waals surface area contributed by atoms with E-state index in [1.54, 1.807) is 12.1 Å². The number of methoxy groups -OCH3 is 1. The van der Waals surface area contributed by atoms with Crippen molar-refractivity contribution in [3.05, 3.63) is 61.0 Å². The molecule has 162 valence electrons. The molecule has 1 aliphatic heterocycles. The summed E-state index contributed by atoms with van der Waals surface area (Å²) in [5.41, 5.74) is -0.236. The second-order valence-electron chi connectivity index (χ2n) is 6.43. The van der Waals surface area contributed by atoms with E-state index < -0.39 is 36.2 Å². The first-order valence-electron chi connectivity index (χ1n) is 8.67. The summed E-state index contributed by atoms with van der Waals surface area (Å²) in [6, 6.07) is 4.92. The van der Waals surface area contributed by atoms with Crippen LogP contribution in [0.4, 0.5) is 0 Å². The maximum absolute atomic E-state index is 12.8. The van der Waals surface area contributed by atoms with Crippen molar-refractivity contribution in [3.8, 4) is 5.75 Å². The van der Waals surface area contributed by atoms with E-state index in [9.17, 15) is 19.2 Å². The minimum Gasteiger partial charge on any atom is -0.497 e. The molecule has 0 bridgehead atoms. The number of halogens is 4. The van der Waals surface area contributed by atoms with E-state index in [1.165, 1.54) is 26.2 Å². The molecule has 1 heterocycles. The number of hydrogen-bond acceptors (Lipinski definition) is 6. The second-order valence-corrected chi connectivity index (χ2v) is 7.94. The molecule has 0 radical (unpaired) electrons. The third-order valence-corrected chi connectivity index (χ3v) is 6.40. The van der Waals surface area contributed by atoms with Gasteiger partial charge in [-0.1, -0.05) is 58.5 Å². The minimum atomic E-state index is -1.37. The molecule has 0 saturated heterocycles. The van der Waals surface area contributed by atoms with Gasteiger partial charge in [0.2, 0.25) is 0 Å². The number of nitrogens with zero attached hydrogens (tertiary/aromatic N) is 1. The molecule has 2 amide bonds. The summed E-state index contributed by atoms with van der Waals surface area (Å²) < 4.78 is 10.1. The Balaban J connectivity index is 1.77. The van der Waals surface area contributed by atoms with Crippen LogP contribution in [0.15, 0.2) is 24.3 Å². The van der Waals surface area contributed by atoms with Gasteiger partial charge in [0.1, 0.15) is 11.8 Å². The summed E-state index contributed by atoms with van der Waals surface area (Å²) in [7, 11) is 1.45. The molecule has 2 aromatic rings. The molecule has 0 unspecified atom stereocenters. The summed E-state index contributed by atoms with van der Waals surface area (Å²) >= 11 is 24.1. The van der Waals surface area contributed by atoms with E-state index in [4.69, 9.17) is 55.9 Å². The van der Waals surface area contributed by atoms with E-state index in [-0.39, 0.29) is 36.8 Å². The monoisotopic (exact) mass is 503 g/mol. The topological polar surface area (TPSA) is 90.0 Å². The maximum atomic E-state index is 12.8. The highest BCUT2D eigenvalue weighted by atomic mass is 35.5. The van der Waals surface area contributed by atoms with Gasteiger partial charge in [-0.05, 0) is 19.1 Å². The van der Waals surface area contributed by atoms with Gasteiger partial charge in [0.15, 0.2) is 12.4 Å². The van der Waals surface area contributed by atoms with Crippen LogP contribution in [-0.4, -0.2) is 48.2 Å². The van der Waals surface area contributed by atoms with Gasteiger partial charge >= 0.3 is 5.97 Å². The van der Waals surface area contributed by atoms with Crippen LogP contribution >= 0.6 is 46.4 Å². The lowest BCUT2D eigenvalue weighted by Gasteiger charge is -2.20. The lowest BCUT2D eigenvalue weighted by atomic mass is 10.1. The Labute approximate surface area is 196 Å². The van der Waals surface area contributed by atoms with Crippen LogP contribution in [0.2, 0.25) is 20.1 Å². The third kappa shape index (κ3) is 4.11. The number of imide groups is 1. The number of ketones is 1. The summed E-state index contributed by atoms with van der Waals surface area (Å²) in [6.45, 7) is 0.670. The van der Waals surface area contributed by atoms with Gasteiger partial charge in [-0.25, -0.2) is 4.79 Å². The van der Waals surface area contributed by atoms with Crippen molar-refractivity contribution in [3.63, 3.8) is 0 Å². The van der Waals surface area contributed by atoms with Crippen LogP contribution in [-0.2, 0) is 9.53 Å². The van der Waals surface area contributed by atoms with Crippen LogP contribution in [0.5, 0.6) is 5.75 Å². The molecule has 0 aromatic heterocycles. The Bertz CT molecular complexity index is 1090. The number of amides is 2. The number of benzene rings is 2. The van der Waals surface area contributed by atoms with Crippen LogP contribution in [0, 0.1) is 0 Å². The van der Waals surface area contributed by atoms with Crippen LogP contribution in [0.3, 0.4) is 0 Å². The Morgan fingerprint density at radius 2 is 1.52 bits per heavy atom. The first kappa shape index (κ1) is 23.3. The maximum Gasteiger partial charge on any atom is 0.329 e. The largest absolute Gasteiger partial charge is 0.497 e. The summed E-state index contributed by atoms with van der Waals surface area (Å²) in [6.07, 6.45) is 0. The lowest BCUT2D eigenvalue weighted by molar-refractivity contribution is -0.146. The van der Waals surface area contributed by atoms with Crippen molar-refractivity contribution in [2.75, 3.05) is 13.7 Å². The van der Waals surface area contributed by atoms with Crippen molar-refractivity contribution in [1.82, 2.24) is 4.90 Å². The number of carbonyl (C=O) groups excluding carboxylic acids is 4. The highest BCUT2D eigenvalue weighted by Gasteiger charge is 2.45. The second kappa shape index (κ2) is 9.04. The summed E-state index contributed by atoms with van der Waals surface area (Å²) in [5.74, 6) is -2.77. The Kier molecular flexibility index (Phi) is 6.81. The standard InChI is InChI=1S/C20H13Cl4NO6/c1-8(20(29)31-7-11(26)9-4-3-5-10(6-9)30-2)25-18(27)12-13(19(25)28)15(22)17(24)16(23)14(12)21/h3-6,8H,7H2,1-2H3/t8-/m0/s1. The summed E-state index contributed by atoms with van der Waals surface area (Å²) in [5, 5.41) is -0.871. The van der Waals surface area contributed by atoms with Crippen LogP contribution < -0.4 is 4.74 Å². The molecule has 7 nitrogen and oxygen atoms in total. The zero-order valence-corrected chi connectivity index (χ0v) is 19.0. The normalized spacial score (nSPS) is 13.8. The van der Waals surface area contributed by atoms with Gasteiger partial charge in [-0.2, -0.15) is 0 Å². The SMILES string of the molecule is COc1cccc(C(=O)COC(=O)[C@H](C)N2C(=O)c3c(Cl)c(Cl)c(Cl)c(Cl)c3C2=O)c1. The molecule has 0 aliphatic carbocycles. The van der Waals surface area contributed by atoms with Gasteiger partial charge in [-0.15, -0.1) is 0 Å². The fraction of sp³-hybridized carbons (Fsp3) is 0.200. The number of hydrogen-bond donors (Lipinski definition) is 0. The molecule has 0 fully saturated rings. The van der Waals surface area contributed by atoms with E-state index >= 15 is 0 Å². The van der Waals surface area contributed by atoms with E-state index in [0.717, 1.165) is 0 Å². The van der Waals surface area contributed by atoms with Gasteiger partial charge in [0.05, 0.1) is 38.3 Å². The van der Waals surface area contributed by atoms with Crippen LogP contribution in [0.25, 0.3) is 0 Å². The zero-order chi connectivity index (χ0) is 23.0. The molecule has 1 aliphatic rings. The molecule has 3 rings (SSSR count). The molecule has 31 heavy (non-hydrogen) atoms. The molecule has 0 saturated carbocycles. The Morgan fingerprint density at radius 1 is 0.968 bits per heavy atom. The fourth-order valence-electron chi connectivity index (χ4n) is 2.96. The highest BCUT2D eigenvalue weighted by molar-refractivity contribution is 6.55. The predicted octanol–water partition coefficient (Wildman–Crippen LogP) is 4.72. The summed E-state index contributed by atoms with van der Waals surface area (Å²) in [4.78, 5) is 51.0. The highest BCUT2D eigenvalue weighted by Crippen LogP contribution is 2.45. The van der Waals surface area contributed by atoms with Crippen molar-refractivity contribution < 1.29 is 28.7 Å². The van der Waals surface area contributed by atoms with Gasteiger partial charge < -0.3 is 9.47 Å². The fourth-order valence-corrected chi connectivity index (χ4v) is 3.98. The zero-order valence-electron chi connectivity index (χ0n) is 16.0. The Morgan fingerprint density at radius 3 is 2.03 bits per heavy atom. The lowest BCUT2D eigenvalue weighted by Crippen LogP contribution is -2.44. The smallest absolute Gasteiger partial charge is 0.329 e. The number of fused-ring (bicyclic) bond motifs is 1. The van der Waals surface area contributed by atoms with E-state index in [1.807, 2.05) is 0 Å². The minimum absolute atomic E-state index is 0.186. The van der Waals surface area contributed by atoms with E-state index in [0.29, 0.717) is 10.6 Å².